The standard InChI is InChI=1S/C31H26N4O3S/c1-22-11-15-25(16-12-22)35-30(37)27-9-5-6-10-28(27)33-31(35)39-21-29(36)34-32-19-23-13-17-26(18-14-23)38-20-24-7-3-2-4-8-24/h2-19H,20-21H2,1H3,(H,34,36)/b32-19+. The van der Waals surface area contributed by atoms with Crippen molar-refractivity contribution in [2.75, 3.05) is 5.75 Å². The maximum atomic E-state index is 13.3. The van der Waals surface area contributed by atoms with Crippen LogP contribution in [0, 0.1) is 6.92 Å². The number of nitrogens with zero attached hydrogens (tertiary/aromatic N) is 3. The van der Waals surface area contributed by atoms with Crippen molar-refractivity contribution in [3.63, 3.8) is 0 Å². The third kappa shape index (κ3) is 6.61. The summed E-state index contributed by atoms with van der Waals surface area (Å²) in [6, 6.07) is 32.2. The zero-order chi connectivity index (χ0) is 27.0. The number of carbonyl (C=O) groups is 1. The van der Waals surface area contributed by atoms with E-state index in [4.69, 9.17) is 4.74 Å². The van der Waals surface area contributed by atoms with Crippen molar-refractivity contribution >= 4 is 34.8 Å². The Kier molecular flexibility index (Phi) is 8.14. The van der Waals surface area contributed by atoms with Crippen LogP contribution in [0.4, 0.5) is 0 Å². The molecule has 0 unspecified atom stereocenters. The Labute approximate surface area is 230 Å². The summed E-state index contributed by atoms with van der Waals surface area (Å²) < 4.78 is 7.35. The van der Waals surface area contributed by atoms with Crippen LogP contribution < -0.4 is 15.7 Å². The first kappa shape index (κ1) is 25.9. The van der Waals surface area contributed by atoms with E-state index < -0.39 is 0 Å². The second-order valence-corrected chi connectivity index (χ2v) is 9.76. The minimum atomic E-state index is -0.308. The third-order valence-electron chi connectivity index (χ3n) is 5.90. The molecule has 0 aliphatic rings. The van der Waals surface area contributed by atoms with Gasteiger partial charge in [0.15, 0.2) is 5.16 Å². The molecule has 1 heterocycles. The highest BCUT2D eigenvalue weighted by atomic mass is 32.2. The van der Waals surface area contributed by atoms with Crippen LogP contribution in [-0.2, 0) is 11.4 Å². The number of fused-ring (bicyclic) bond motifs is 1. The Morgan fingerprint density at radius 2 is 1.67 bits per heavy atom. The van der Waals surface area contributed by atoms with Crippen molar-refractivity contribution in [2.24, 2.45) is 5.10 Å². The highest BCUT2D eigenvalue weighted by Crippen LogP contribution is 2.21. The van der Waals surface area contributed by atoms with Gasteiger partial charge in [-0.1, -0.05) is 71.9 Å². The van der Waals surface area contributed by atoms with Crippen LogP contribution in [0.3, 0.4) is 0 Å². The zero-order valence-corrected chi connectivity index (χ0v) is 22.1. The molecule has 1 aromatic heterocycles. The van der Waals surface area contributed by atoms with Crippen molar-refractivity contribution in [2.45, 2.75) is 18.7 Å². The number of benzene rings is 4. The molecule has 0 atom stereocenters. The van der Waals surface area contributed by atoms with Gasteiger partial charge < -0.3 is 4.74 Å². The second-order valence-electron chi connectivity index (χ2n) is 8.81. The van der Waals surface area contributed by atoms with Gasteiger partial charge in [0.1, 0.15) is 12.4 Å². The molecule has 4 aromatic carbocycles. The van der Waals surface area contributed by atoms with Crippen LogP contribution in [0.2, 0.25) is 0 Å². The summed E-state index contributed by atoms with van der Waals surface area (Å²) >= 11 is 1.18. The molecule has 0 fully saturated rings. The van der Waals surface area contributed by atoms with E-state index in [2.05, 4.69) is 15.5 Å². The van der Waals surface area contributed by atoms with E-state index >= 15 is 0 Å². The Balaban J connectivity index is 1.22. The highest BCUT2D eigenvalue weighted by Gasteiger charge is 2.14. The SMILES string of the molecule is Cc1ccc(-n2c(SCC(=O)N/N=C/c3ccc(OCc4ccccc4)cc3)nc3ccccc3c2=O)cc1. The molecule has 5 aromatic rings. The average molecular weight is 535 g/mol. The summed E-state index contributed by atoms with van der Waals surface area (Å²) in [5.74, 6) is 0.483. The molecule has 1 amide bonds. The number of hydrazone groups is 1. The van der Waals surface area contributed by atoms with E-state index in [1.807, 2.05) is 97.9 Å². The summed E-state index contributed by atoms with van der Waals surface area (Å²) in [6.45, 7) is 2.48. The smallest absolute Gasteiger partial charge is 0.266 e. The number of aryl methyl sites for hydroxylation is 1. The zero-order valence-electron chi connectivity index (χ0n) is 21.3. The number of aromatic nitrogens is 2. The van der Waals surface area contributed by atoms with Crippen molar-refractivity contribution in [3.05, 3.63) is 130 Å². The van der Waals surface area contributed by atoms with E-state index in [0.29, 0.717) is 28.4 Å². The molecule has 0 saturated heterocycles. The molecular formula is C31H26N4O3S. The van der Waals surface area contributed by atoms with Gasteiger partial charge in [0.05, 0.1) is 28.6 Å². The number of thioether (sulfide) groups is 1. The third-order valence-corrected chi connectivity index (χ3v) is 6.84. The van der Waals surface area contributed by atoms with Crippen LogP contribution in [0.1, 0.15) is 16.7 Å². The van der Waals surface area contributed by atoms with Crippen LogP contribution in [-0.4, -0.2) is 27.4 Å². The number of hydrogen-bond acceptors (Lipinski definition) is 6. The largest absolute Gasteiger partial charge is 0.489 e. The van der Waals surface area contributed by atoms with Crippen LogP contribution in [0.15, 0.2) is 118 Å². The molecule has 194 valence electrons. The van der Waals surface area contributed by atoms with Gasteiger partial charge >= 0.3 is 0 Å². The molecule has 0 radical (unpaired) electrons. The monoisotopic (exact) mass is 534 g/mol. The normalized spacial score (nSPS) is 11.1. The molecule has 39 heavy (non-hydrogen) atoms. The number of carbonyl (C=O) groups excluding carboxylic acids is 1. The van der Waals surface area contributed by atoms with Crippen LogP contribution in [0.5, 0.6) is 5.75 Å². The Morgan fingerprint density at radius 3 is 2.44 bits per heavy atom. The molecule has 0 aliphatic heterocycles. The highest BCUT2D eigenvalue weighted by molar-refractivity contribution is 7.99. The summed E-state index contributed by atoms with van der Waals surface area (Å²) in [7, 11) is 0. The summed E-state index contributed by atoms with van der Waals surface area (Å²) in [6.07, 6.45) is 1.57. The average Bonchev–Trinajstić information content (AvgIpc) is 2.97. The van der Waals surface area contributed by atoms with E-state index in [0.717, 1.165) is 22.4 Å². The van der Waals surface area contributed by atoms with E-state index in [1.165, 1.54) is 11.8 Å². The topological polar surface area (TPSA) is 85.6 Å². The summed E-state index contributed by atoms with van der Waals surface area (Å²) in [5.41, 5.74) is 6.65. The van der Waals surface area contributed by atoms with Crippen molar-refractivity contribution < 1.29 is 9.53 Å². The lowest BCUT2D eigenvalue weighted by Crippen LogP contribution is -2.24. The number of amides is 1. The second kappa shape index (κ2) is 12.2. The lowest BCUT2D eigenvalue weighted by molar-refractivity contribution is -0.118. The maximum absolute atomic E-state index is 13.3. The molecule has 8 heteroatoms. The molecular weight excluding hydrogens is 508 g/mol. The molecule has 1 N–H and O–H groups in total. The predicted octanol–water partition coefficient (Wildman–Crippen LogP) is 5.52. The van der Waals surface area contributed by atoms with Gasteiger partial charge in [-0.2, -0.15) is 5.10 Å². The summed E-state index contributed by atoms with van der Waals surface area (Å²) in [5, 5.41) is 5.03. The van der Waals surface area contributed by atoms with Crippen LogP contribution >= 0.6 is 11.8 Å². The van der Waals surface area contributed by atoms with Gasteiger partial charge in [-0.05, 0) is 66.6 Å². The number of para-hydroxylation sites is 1. The van der Waals surface area contributed by atoms with Crippen molar-refractivity contribution in [1.82, 2.24) is 15.0 Å². The Morgan fingerprint density at radius 1 is 0.949 bits per heavy atom. The molecule has 0 spiro atoms. The first-order valence-corrected chi connectivity index (χ1v) is 13.4. The molecule has 0 bridgehead atoms. The number of ether oxygens (including phenoxy) is 1. The fourth-order valence-corrected chi connectivity index (χ4v) is 4.67. The minimum absolute atomic E-state index is 0.0419. The minimum Gasteiger partial charge on any atom is -0.489 e. The molecule has 0 saturated carbocycles. The van der Waals surface area contributed by atoms with Gasteiger partial charge in [0.25, 0.3) is 11.5 Å². The Bertz CT molecular complexity index is 1670. The quantitative estimate of drug-likeness (QED) is 0.117. The van der Waals surface area contributed by atoms with Gasteiger partial charge in [-0.25, -0.2) is 10.4 Å². The van der Waals surface area contributed by atoms with Crippen molar-refractivity contribution in [3.8, 4) is 11.4 Å². The van der Waals surface area contributed by atoms with Crippen molar-refractivity contribution in [1.29, 1.82) is 0 Å². The van der Waals surface area contributed by atoms with Gasteiger partial charge in [-0.3, -0.25) is 14.2 Å². The fourth-order valence-electron chi connectivity index (χ4n) is 3.86. The number of nitrogens with one attached hydrogen (secondary N) is 1. The van der Waals surface area contributed by atoms with Gasteiger partial charge in [-0.15, -0.1) is 0 Å². The predicted molar refractivity (Wildman–Crippen MR) is 156 cm³/mol. The summed E-state index contributed by atoms with van der Waals surface area (Å²) in [4.78, 5) is 30.5. The van der Waals surface area contributed by atoms with E-state index in [9.17, 15) is 9.59 Å². The number of hydrogen-bond donors (Lipinski definition) is 1. The van der Waals surface area contributed by atoms with Gasteiger partial charge in [0.2, 0.25) is 0 Å². The molecule has 5 rings (SSSR count). The number of rotatable bonds is 9. The van der Waals surface area contributed by atoms with E-state index in [-0.39, 0.29) is 17.2 Å². The first-order valence-electron chi connectivity index (χ1n) is 12.4. The molecule has 7 nitrogen and oxygen atoms in total. The lowest BCUT2D eigenvalue weighted by Gasteiger charge is -2.13. The van der Waals surface area contributed by atoms with Gasteiger partial charge in [0, 0.05) is 0 Å². The lowest BCUT2D eigenvalue weighted by atomic mass is 10.2. The molecule has 0 aliphatic carbocycles. The van der Waals surface area contributed by atoms with Crippen LogP contribution in [0.25, 0.3) is 16.6 Å². The van der Waals surface area contributed by atoms with E-state index in [1.54, 1.807) is 22.9 Å². The maximum Gasteiger partial charge on any atom is 0.266 e. The fraction of sp³-hybridized carbons (Fsp3) is 0.0968. The first-order chi connectivity index (χ1) is 19.1. The Hall–Kier alpha value is -4.69.